The van der Waals surface area contributed by atoms with Gasteiger partial charge < -0.3 is 4.98 Å². The SMILES string of the molecule is Cl.N#CCC1CCc2nc[nH]c2C1.[HH]. The fraction of sp³-hybridized carbons (Fsp3) is 0.556. The number of nitrogens with zero attached hydrogens (tertiary/aromatic N) is 2. The number of rotatable bonds is 1. The average Bonchev–Trinajstić information content (AvgIpc) is 2.51. The van der Waals surface area contributed by atoms with Crippen LogP contribution in [0, 0.1) is 17.2 Å². The van der Waals surface area contributed by atoms with Crippen LogP contribution >= 0.6 is 12.4 Å². The first kappa shape index (κ1) is 10.1. The maximum Gasteiger partial charge on any atom is 0.0925 e. The maximum absolute atomic E-state index is 8.54. The minimum absolute atomic E-state index is 0. The summed E-state index contributed by atoms with van der Waals surface area (Å²) in [5.41, 5.74) is 2.44. The lowest BCUT2D eigenvalue weighted by Gasteiger charge is -2.17. The van der Waals surface area contributed by atoms with Gasteiger partial charge in [0.15, 0.2) is 0 Å². The zero-order valence-corrected chi connectivity index (χ0v) is 8.10. The number of fused-ring (bicyclic) bond motifs is 1. The molecule has 0 saturated heterocycles. The first-order valence-electron chi connectivity index (χ1n) is 4.28. The molecule has 0 saturated carbocycles. The van der Waals surface area contributed by atoms with Crippen molar-refractivity contribution >= 4 is 12.4 Å². The number of aromatic nitrogens is 2. The zero-order chi connectivity index (χ0) is 8.39. The highest BCUT2D eigenvalue weighted by Crippen LogP contribution is 2.24. The molecular formula is C9H14ClN3. The van der Waals surface area contributed by atoms with Gasteiger partial charge in [-0.3, -0.25) is 0 Å². The Kier molecular flexibility index (Phi) is 3.32. The first-order chi connectivity index (χ1) is 5.90. The molecule has 2 rings (SSSR count). The number of hydrogen-bond donors (Lipinski definition) is 1. The smallest absolute Gasteiger partial charge is 0.0925 e. The van der Waals surface area contributed by atoms with Gasteiger partial charge in [0.25, 0.3) is 0 Å². The minimum Gasteiger partial charge on any atom is -0.348 e. The third-order valence-corrected chi connectivity index (χ3v) is 2.47. The fourth-order valence-corrected chi connectivity index (χ4v) is 1.78. The number of nitrogens with one attached hydrogen (secondary N) is 1. The Morgan fingerprint density at radius 2 is 2.62 bits per heavy atom. The Bertz CT molecular complexity index is 318. The lowest BCUT2D eigenvalue weighted by Crippen LogP contribution is -2.13. The van der Waals surface area contributed by atoms with Gasteiger partial charge in [0.1, 0.15) is 0 Å². The molecule has 13 heavy (non-hydrogen) atoms. The van der Waals surface area contributed by atoms with E-state index in [1.54, 1.807) is 6.33 Å². The highest BCUT2D eigenvalue weighted by atomic mass is 35.5. The van der Waals surface area contributed by atoms with E-state index < -0.39 is 0 Å². The molecule has 0 aliphatic heterocycles. The number of hydrogen-bond acceptors (Lipinski definition) is 2. The summed E-state index contributed by atoms with van der Waals surface area (Å²) in [6.07, 6.45) is 5.58. The van der Waals surface area contributed by atoms with Crippen LogP contribution in [0.3, 0.4) is 0 Å². The monoisotopic (exact) mass is 199 g/mol. The predicted molar refractivity (Wildman–Crippen MR) is 53.7 cm³/mol. The summed E-state index contributed by atoms with van der Waals surface area (Å²) in [5.74, 6) is 0.544. The Labute approximate surface area is 85.1 Å². The molecule has 1 atom stereocenters. The minimum atomic E-state index is 0. The maximum atomic E-state index is 8.54. The van der Waals surface area contributed by atoms with E-state index in [-0.39, 0.29) is 13.8 Å². The van der Waals surface area contributed by atoms with Gasteiger partial charge in [0.2, 0.25) is 0 Å². The molecule has 1 aliphatic rings. The number of imidazole rings is 1. The molecule has 0 fully saturated rings. The molecule has 0 spiro atoms. The van der Waals surface area contributed by atoms with Crippen molar-refractivity contribution in [3.8, 4) is 6.07 Å². The molecule has 4 heteroatoms. The summed E-state index contributed by atoms with van der Waals surface area (Å²) in [5, 5.41) is 8.54. The van der Waals surface area contributed by atoms with E-state index >= 15 is 0 Å². The van der Waals surface area contributed by atoms with Crippen LogP contribution in [0.5, 0.6) is 0 Å². The van der Waals surface area contributed by atoms with E-state index in [0.717, 1.165) is 19.3 Å². The van der Waals surface area contributed by atoms with E-state index in [1.165, 1.54) is 11.4 Å². The van der Waals surface area contributed by atoms with Gasteiger partial charge >= 0.3 is 0 Å². The summed E-state index contributed by atoms with van der Waals surface area (Å²) in [6.45, 7) is 0. The van der Waals surface area contributed by atoms with Crippen LogP contribution < -0.4 is 0 Å². The molecule has 1 aromatic rings. The summed E-state index contributed by atoms with van der Waals surface area (Å²) in [6, 6.07) is 2.23. The van der Waals surface area contributed by atoms with E-state index in [2.05, 4.69) is 16.0 Å². The van der Waals surface area contributed by atoms with Crippen molar-refractivity contribution in [2.75, 3.05) is 0 Å². The van der Waals surface area contributed by atoms with Crippen LogP contribution in [0.4, 0.5) is 0 Å². The summed E-state index contributed by atoms with van der Waals surface area (Å²) in [7, 11) is 0. The van der Waals surface area contributed by atoms with Crippen molar-refractivity contribution in [2.45, 2.75) is 25.7 Å². The van der Waals surface area contributed by atoms with Crippen molar-refractivity contribution in [3.05, 3.63) is 17.7 Å². The van der Waals surface area contributed by atoms with Crippen LogP contribution in [-0.4, -0.2) is 9.97 Å². The summed E-state index contributed by atoms with van der Waals surface area (Å²) >= 11 is 0. The highest BCUT2D eigenvalue weighted by molar-refractivity contribution is 5.85. The lowest BCUT2D eigenvalue weighted by atomic mass is 9.88. The van der Waals surface area contributed by atoms with Gasteiger partial charge in [-0.1, -0.05) is 0 Å². The van der Waals surface area contributed by atoms with Crippen LogP contribution in [0.15, 0.2) is 6.33 Å². The molecule has 1 heterocycles. The van der Waals surface area contributed by atoms with Crippen LogP contribution in [0.25, 0.3) is 0 Å². The Morgan fingerprint density at radius 3 is 3.38 bits per heavy atom. The normalized spacial score (nSPS) is 19.8. The topological polar surface area (TPSA) is 52.5 Å². The third kappa shape index (κ3) is 2.02. The van der Waals surface area contributed by atoms with Gasteiger partial charge in [-0.15, -0.1) is 12.4 Å². The number of H-pyrrole nitrogens is 1. The number of aromatic amines is 1. The van der Waals surface area contributed by atoms with Gasteiger partial charge in [0, 0.05) is 13.5 Å². The van der Waals surface area contributed by atoms with Crippen molar-refractivity contribution in [3.63, 3.8) is 0 Å². The Morgan fingerprint density at radius 1 is 1.77 bits per heavy atom. The van der Waals surface area contributed by atoms with E-state index in [9.17, 15) is 0 Å². The lowest BCUT2D eigenvalue weighted by molar-refractivity contribution is 0.460. The van der Waals surface area contributed by atoms with Crippen LogP contribution in [-0.2, 0) is 12.8 Å². The van der Waals surface area contributed by atoms with Crippen molar-refractivity contribution in [1.82, 2.24) is 9.97 Å². The molecule has 1 unspecified atom stereocenters. The summed E-state index contributed by atoms with van der Waals surface area (Å²) < 4.78 is 0. The van der Waals surface area contributed by atoms with Crippen LogP contribution in [0.2, 0.25) is 0 Å². The largest absolute Gasteiger partial charge is 0.348 e. The summed E-state index contributed by atoms with van der Waals surface area (Å²) in [4.78, 5) is 7.34. The highest BCUT2D eigenvalue weighted by Gasteiger charge is 2.19. The second-order valence-electron chi connectivity index (χ2n) is 3.30. The molecule has 72 valence electrons. The second-order valence-corrected chi connectivity index (χ2v) is 3.30. The second kappa shape index (κ2) is 4.29. The standard InChI is InChI=1S/C9H11N3.ClH.H2/c10-4-3-7-1-2-8-9(5-7)12-6-11-8;;/h6-7H,1-3,5H2,(H,11,12);2*1H. The molecular weight excluding hydrogens is 186 g/mol. The zero-order valence-electron chi connectivity index (χ0n) is 7.29. The number of halogens is 1. The van der Waals surface area contributed by atoms with Gasteiger partial charge in [-0.2, -0.15) is 5.26 Å². The van der Waals surface area contributed by atoms with Crippen molar-refractivity contribution in [1.29, 1.82) is 5.26 Å². The molecule has 1 aromatic heterocycles. The van der Waals surface area contributed by atoms with Crippen molar-refractivity contribution < 1.29 is 1.43 Å². The van der Waals surface area contributed by atoms with Gasteiger partial charge in [0.05, 0.1) is 18.1 Å². The quantitative estimate of drug-likeness (QED) is 0.753. The Hall–Kier alpha value is -1.01. The van der Waals surface area contributed by atoms with Gasteiger partial charge in [-0.05, 0) is 25.2 Å². The van der Waals surface area contributed by atoms with Gasteiger partial charge in [-0.25, -0.2) is 4.98 Å². The van der Waals surface area contributed by atoms with E-state index in [4.69, 9.17) is 5.26 Å². The van der Waals surface area contributed by atoms with E-state index in [1.807, 2.05) is 0 Å². The Balaban J connectivity index is 0.000000845. The predicted octanol–water partition coefficient (Wildman–Crippen LogP) is 2.10. The molecule has 0 aromatic carbocycles. The van der Waals surface area contributed by atoms with Crippen molar-refractivity contribution in [2.24, 2.45) is 5.92 Å². The average molecular weight is 200 g/mol. The molecule has 1 aliphatic carbocycles. The first-order valence-corrected chi connectivity index (χ1v) is 4.28. The van der Waals surface area contributed by atoms with Crippen LogP contribution in [0.1, 0.15) is 25.7 Å². The fourth-order valence-electron chi connectivity index (χ4n) is 1.78. The molecule has 3 nitrogen and oxygen atoms in total. The molecule has 0 radical (unpaired) electrons. The molecule has 0 bridgehead atoms. The number of aryl methyl sites for hydroxylation is 1. The third-order valence-electron chi connectivity index (χ3n) is 2.47. The molecule has 0 amide bonds. The van der Waals surface area contributed by atoms with E-state index in [0.29, 0.717) is 12.3 Å². The molecule has 1 N–H and O–H groups in total. The number of nitriles is 1.